The predicted molar refractivity (Wildman–Crippen MR) is 42.3 cm³/mol. The second kappa shape index (κ2) is 1.77. The van der Waals surface area contributed by atoms with Gasteiger partial charge in [0.1, 0.15) is 0 Å². The van der Waals surface area contributed by atoms with E-state index < -0.39 is 0 Å². The van der Waals surface area contributed by atoms with Crippen molar-refractivity contribution in [1.29, 1.82) is 0 Å². The summed E-state index contributed by atoms with van der Waals surface area (Å²) in [5.41, 5.74) is 7.56. The van der Waals surface area contributed by atoms with Crippen molar-refractivity contribution in [1.82, 2.24) is 0 Å². The van der Waals surface area contributed by atoms with Crippen LogP contribution in [0.1, 0.15) is 32.6 Å². The van der Waals surface area contributed by atoms with Crippen LogP contribution in [-0.4, -0.2) is 0 Å². The van der Waals surface area contributed by atoms with Crippen molar-refractivity contribution < 1.29 is 0 Å². The van der Waals surface area contributed by atoms with Gasteiger partial charge in [0.2, 0.25) is 0 Å². The zero-order valence-electron chi connectivity index (χ0n) is 6.56. The van der Waals surface area contributed by atoms with Gasteiger partial charge in [0.05, 0.1) is 0 Å². The molecule has 2 bridgehead atoms. The Balaban J connectivity index is 2.31. The van der Waals surface area contributed by atoms with Crippen molar-refractivity contribution >= 4 is 0 Å². The summed E-state index contributed by atoms with van der Waals surface area (Å²) in [5, 5.41) is 0. The van der Waals surface area contributed by atoms with E-state index >= 15 is 0 Å². The fraction of sp³-hybridized carbons (Fsp3) is 0.778. The van der Waals surface area contributed by atoms with Crippen LogP contribution in [0.2, 0.25) is 0 Å². The molecule has 0 saturated heterocycles. The molecule has 2 unspecified atom stereocenters. The zero-order chi connectivity index (χ0) is 7.19. The normalized spacial score (nSPS) is 44.1. The number of hydrogen-bond donors (Lipinski definition) is 1. The molecule has 2 atom stereocenters. The lowest BCUT2D eigenvalue weighted by molar-refractivity contribution is 0.359. The van der Waals surface area contributed by atoms with Gasteiger partial charge in [-0.2, -0.15) is 0 Å². The average molecular weight is 137 g/mol. The lowest BCUT2D eigenvalue weighted by Crippen LogP contribution is -2.21. The number of nitrogens with two attached hydrogens (primary N) is 1. The average Bonchev–Trinajstić information content (AvgIpc) is 2.44. The van der Waals surface area contributed by atoms with E-state index in [-0.39, 0.29) is 0 Å². The molecule has 0 aromatic rings. The second-order valence-electron chi connectivity index (χ2n) is 3.76. The quantitative estimate of drug-likeness (QED) is 0.588. The summed E-state index contributed by atoms with van der Waals surface area (Å²) in [6.07, 6.45) is 7.60. The lowest BCUT2D eigenvalue weighted by Gasteiger charge is -2.25. The molecular weight excluding hydrogens is 122 g/mol. The molecule has 56 valence electrons. The van der Waals surface area contributed by atoms with E-state index in [1.54, 1.807) is 0 Å². The molecule has 1 nitrogen and oxygen atoms in total. The Hall–Kier alpha value is -0.460. The topological polar surface area (TPSA) is 26.0 Å². The smallest absolute Gasteiger partial charge is 0.0106 e. The van der Waals surface area contributed by atoms with Gasteiger partial charge < -0.3 is 5.73 Å². The van der Waals surface area contributed by atoms with Crippen LogP contribution >= 0.6 is 0 Å². The highest BCUT2D eigenvalue weighted by molar-refractivity contribution is 5.23. The van der Waals surface area contributed by atoms with Crippen molar-refractivity contribution in [2.24, 2.45) is 17.1 Å². The first-order valence-electron chi connectivity index (χ1n) is 4.24. The fourth-order valence-electron chi connectivity index (χ4n) is 2.53. The summed E-state index contributed by atoms with van der Waals surface area (Å²) in [5.74, 6) is 0.833. The van der Waals surface area contributed by atoms with E-state index in [2.05, 4.69) is 13.0 Å². The van der Waals surface area contributed by atoms with Crippen LogP contribution in [0.5, 0.6) is 0 Å². The van der Waals surface area contributed by atoms with E-state index in [9.17, 15) is 0 Å². The molecular formula is C9H15N. The maximum Gasteiger partial charge on any atom is 0.0106 e. The van der Waals surface area contributed by atoms with Crippen molar-refractivity contribution in [3.05, 3.63) is 11.8 Å². The minimum Gasteiger partial charge on any atom is -0.402 e. The van der Waals surface area contributed by atoms with Crippen molar-refractivity contribution in [2.75, 3.05) is 0 Å². The van der Waals surface area contributed by atoms with Gasteiger partial charge >= 0.3 is 0 Å². The molecule has 0 heterocycles. The predicted octanol–water partition coefficient (Wildman–Crippen LogP) is 2.04. The monoisotopic (exact) mass is 137 g/mol. The van der Waals surface area contributed by atoms with E-state index in [1.165, 1.54) is 31.4 Å². The number of hydrogen-bond acceptors (Lipinski definition) is 1. The molecule has 10 heavy (non-hydrogen) atoms. The zero-order valence-corrected chi connectivity index (χ0v) is 6.56. The molecule has 0 radical (unpaired) electrons. The van der Waals surface area contributed by atoms with Gasteiger partial charge in [-0.3, -0.25) is 0 Å². The third-order valence-corrected chi connectivity index (χ3v) is 3.35. The largest absolute Gasteiger partial charge is 0.402 e. The molecule has 2 rings (SSSR count). The third-order valence-electron chi connectivity index (χ3n) is 3.35. The highest BCUT2D eigenvalue weighted by Crippen LogP contribution is 2.53. The second-order valence-corrected chi connectivity index (χ2v) is 3.76. The molecule has 2 aliphatic carbocycles. The minimum absolute atomic E-state index is 0.449. The molecule has 0 amide bonds. The Morgan fingerprint density at radius 1 is 1.80 bits per heavy atom. The van der Waals surface area contributed by atoms with Gasteiger partial charge in [0, 0.05) is 11.1 Å². The summed E-state index contributed by atoms with van der Waals surface area (Å²) >= 11 is 0. The van der Waals surface area contributed by atoms with E-state index in [1.807, 2.05) is 0 Å². The Labute approximate surface area is 62.3 Å². The van der Waals surface area contributed by atoms with Crippen molar-refractivity contribution in [3.63, 3.8) is 0 Å². The molecule has 0 aromatic heterocycles. The SMILES string of the molecule is CCC12CCC(C=C1N)C2. The maximum absolute atomic E-state index is 5.93. The van der Waals surface area contributed by atoms with Crippen LogP contribution in [0.3, 0.4) is 0 Å². The first-order chi connectivity index (χ1) is 4.77. The van der Waals surface area contributed by atoms with Crippen LogP contribution < -0.4 is 5.73 Å². The molecule has 1 fully saturated rings. The van der Waals surface area contributed by atoms with Crippen LogP contribution in [0.4, 0.5) is 0 Å². The minimum atomic E-state index is 0.449. The molecule has 0 aromatic carbocycles. The Bertz CT molecular complexity index is 183. The van der Waals surface area contributed by atoms with Gasteiger partial charge in [-0.05, 0) is 31.6 Å². The highest BCUT2D eigenvalue weighted by atomic mass is 14.7. The van der Waals surface area contributed by atoms with Crippen molar-refractivity contribution in [2.45, 2.75) is 32.6 Å². The highest BCUT2D eigenvalue weighted by Gasteiger charge is 2.43. The van der Waals surface area contributed by atoms with Gasteiger partial charge in [-0.25, -0.2) is 0 Å². The summed E-state index contributed by atoms with van der Waals surface area (Å²) in [6, 6.07) is 0. The van der Waals surface area contributed by atoms with Gasteiger partial charge in [-0.15, -0.1) is 0 Å². The molecule has 1 heteroatoms. The van der Waals surface area contributed by atoms with Crippen LogP contribution in [0.15, 0.2) is 11.8 Å². The van der Waals surface area contributed by atoms with Crippen molar-refractivity contribution in [3.8, 4) is 0 Å². The Morgan fingerprint density at radius 2 is 2.60 bits per heavy atom. The number of fused-ring (bicyclic) bond motifs is 2. The molecule has 0 aliphatic heterocycles. The third kappa shape index (κ3) is 0.582. The van der Waals surface area contributed by atoms with E-state index in [0.29, 0.717) is 5.41 Å². The standard InChI is InChI=1S/C9H15N/c1-2-9-4-3-7(6-9)5-8(9)10/h5,7H,2-4,6,10H2,1H3. The summed E-state index contributed by atoms with van der Waals surface area (Å²) in [4.78, 5) is 0. The number of allylic oxidation sites excluding steroid dienone is 2. The molecule has 0 spiro atoms. The van der Waals surface area contributed by atoms with Gasteiger partial charge in [0.25, 0.3) is 0 Å². The Kier molecular flexibility index (Phi) is 1.11. The lowest BCUT2D eigenvalue weighted by atomic mass is 9.82. The maximum atomic E-state index is 5.93. The van der Waals surface area contributed by atoms with E-state index in [4.69, 9.17) is 5.73 Å². The fourth-order valence-corrected chi connectivity index (χ4v) is 2.53. The summed E-state index contributed by atoms with van der Waals surface area (Å²) < 4.78 is 0. The van der Waals surface area contributed by atoms with Crippen LogP contribution in [0.25, 0.3) is 0 Å². The molecule has 2 aliphatic rings. The molecule has 1 saturated carbocycles. The van der Waals surface area contributed by atoms with Crippen LogP contribution in [-0.2, 0) is 0 Å². The van der Waals surface area contributed by atoms with E-state index in [0.717, 1.165) is 5.92 Å². The number of rotatable bonds is 1. The Morgan fingerprint density at radius 3 is 2.90 bits per heavy atom. The van der Waals surface area contributed by atoms with Crippen LogP contribution in [0, 0.1) is 11.3 Å². The van der Waals surface area contributed by atoms with Gasteiger partial charge in [-0.1, -0.05) is 13.0 Å². The first-order valence-corrected chi connectivity index (χ1v) is 4.24. The molecule has 2 N–H and O–H groups in total. The van der Waals surface area contributed by atoms with Gasteiger partial charge in [0.15, 0.2) is 0 Å². The first kappa shape index (κ1) is 6.26. The summed E-state index contributed by atoms with van der Waals surface area (Å²) in [7, 11) is 0. The summed E-state index contributed by atoms with van der Waals surface area (Å²) in [6.45, 7) is 2.26.